The molecule has 2 aromatic rings. The van der Waals surface area contributed by atoms with Gasteiger partial charge in [-0.05, 0) is 11.4 Å². The highest BCUT2D eigenvalue weighted by Crippen LogP contribution is 2.21. The monoisotopic (exact) mass is 267 g/mol. The topological polar surface area (TPSA) is 68.5 Å². The van der Waals surface area contributed by atoms with E-state index in [2.05, 4.69) is 10.1 Å². The van der Waals surface area contributed by atoms with Crippen molar-refractivity contribution in [1.29, 1.82) is 0 Å². The molecule has 96 valence electrons. The Labute approximate surface area is 108 Å². The maximum Gasteiger partial charge on any atom is 0.246 e. The van der Waals surface area contributed by atoms with Crippen LogP contribution in [0, 0.1) is 0 Å². The van der Waals surface area contributed by atoms with E-state index in [4.69, 9.17) is 9.36 Å². The fraction of sp³-hybridized carbons (Fsp3) is 0.364. The van der Waals surface area contributed by atoms with E-state index in [1.165, 1.54) is 12.2 Å². The highest BCUT2D eigenvalue weighted by atomic mass is 32.1. The Hall–Kier alpha value is -1.73. The zero-order valence-electron chi connectivity index (χ0n) is 10.1. The third-order valence-electron chi connectivity index (χ3n) is 2.39. The molecule has 6 nitrogen and oxygen atoms in total. The minimum Gasteiger partial charge on any atom is -0.339 e. The van der Waals surface area contributed by atoms with E-state index in [0.717, 1.165) is 4.88 Å². The van der Waals surface area contributed by atoms with Gasteiger partial charge in [0.15, 0.2) is 0 Å². The van der Waals surface area contributed by atoms with Gasteiger partial charge < -0.3 is 4.52 Å². The summed E-state index contributed by atoms with van der Waals surface area (Å²) in [5.74, 6) is 0.886. The first-order valence-corrected chi connectivity index (χ1v) is 6.26. The first-order chi connectivity index (χ1) is 8.70. The summed E-state index contributed by atoms with van der Waals surface area (Å²) in [6, 6.07) is 3.84. The van der Waals surface area contributed by atoms with Crippen LogP contribution in [0.15, 0.2) is 22.0 Å². The molecule has 0 aliphatic heterocycles. The number of hydrogen-bond acceptors (Lipinski definition) is 6. The molecule has 0 fully saturated rings. The molecule has 0 aliphatic carbocycles. The molecule has 0 N–H and O–H groups in total. The summed E-state index contributed by atoms with van der Waals surface area (Å²) < 4.78 is 5.09. The molecule has 2 heterocycles. The maximum absolute atomic E-state index is 11.5. The normalized spacial score (nSPS) is 10.6. The first-order valence-electron chi connectivity index (χ1n) is 5.38. The second-order valence-electron chi connectivity index (χ2n) is 3.56. The molecule has 0 saturated heterocycles. The summed E-state index contributed by atoms with van der Waals surface area (Å²) in [5.41, 5.74) is 0. The number of rotatable bonds is 5. The number of amides is 1. The van der Waals surface area contributed by atoms with Crippen molar-refractivity contribution in [2.45, 2.75) is 12.8 Å². The van der Waals surface area contributed by atoms with Crippen LogP contribution in [0.1, 0.15) is 12.3 Å². The van der Waals surface area contributed by atoms with Crippen molar-refractivity contribution in [2.75, 3.05) is 14.2 Å². The predicted molar refractivity (Wildman–Crippen MR) is 65.7 cm³/mol. The molecule has 1 amide bonds. The van der Waals surface area contributed by atoms with Gasteiger partial charge in [0.1, 0.15) is 0 Å². The van der Waals surface area contributed by atoms with Crippen LogP contribution >= 0.6 is 11.3 Å². The molecule has 0 radical (unpaired) electrons. The Bertz CT molecular complexity index is 509. The zero-order valence-corrected chi connectivity index (χ0v) is 10.9. The van der Waals surface area contributed by atoms with E-state index in [-0.39, 0.29) is 12.3 Å². The van der Waals surface area contributed by atoms with Crippen molar-refractivity contribution in [3.05, 3.63) is 23.4 Å². The Morgan fingerprint density at radius 2 is 2.44 bits per heavy atom. The van der Waals surface area contributed by atoms with E-state index in [1.807, 2.05) is 17.5 Å². The van der Waals surface area contributed by atoms with Crippen molar-refractivity contribution >= 4 is 17.2 Å². The predicted octanol–water partition coefficient (Wildman–Crippen LogP) is 1.75. The minimum absolute atomic E-state index is 0.131. The van der Waals surface area contributed by atoms with Gasteiger partial charge in [-0.1, -0.05) is 11.2 Å². The van der Waals surface area contributed by atoms with E-state index in [1.54, 1.807) is 18.4 Å². The van der Waals surface area contributed by atoms with Crippen molar-refractivity contribution in [1.82, 2.24) is 15.2 Å². The fourth-order valence-electron chi connectivity index (χ4n) is 1.34. The smallest absolute Gasteiger partial charge is 0.246 e. The largest absolute Gasteiger partial charge is 0.339 e. The number of hydrogen-bond donors (Lipinski definition) is 0. The number of thiophene rings is 1. The second-order valence-corrected chi connectivity index (χ2v) is 4.51. The summed E-state index contributed by atoms with van der Waals surface area (Å²) >= 11 is 1.54. The highest BCUT2D eigenvalue weighted by molar-refractivity contribution is 7.13. The van der Waals surface area contributed by atoms with Crippen molar-refractivity contribution in [3.63, 3.8) is 0 Å². The average molecular weight is 267 g/mol. The molecular weight excluding hydrogens is 254 g/mol. The van der Waals surface area contributed by atoms with Gasteiger partial charge in [-0.3, -0.25) is 9.63 Å². The Morgan fingerprint density at radius 3 is 3.11 bits per heavy atom. The first kappa shape index (κ1) is 12.7. The third-order valence-corrected chi connectivity index (χ3v) is 3.25. The van der Waals surface area contributed by atoms with Gasteiger partial charge in [-0.25, -0.2) is 5.06 Å². The Kier molecular flexibility index (Phi) is 4.06. The van der Waals surface area contributed by atoms with Gasteiger partial charge in [0.25, 0.3) is 0 Å². The zero-order chi connectivity index (χ0) is 13.0. The van der Waals surface area contributed by atoms with E-state index in [0.29, 0.717) is 18.1 Å². The molecule has 18 heavy (non-hydrogen) atoms. The number of hydroxylamine groups is 2. The van der Waals surface area contributed by atoms with E-state index in [9.17, 15) is 4.79 Å². The van der Waals surface area contributed by atoms with Gasteiger partial charge in [-0.15, -0.1) is 11.3 Å². The average Bonchev–Trinajstić information content (AvgIpc) is 3.04. The van der Waals surface area contributed by atoms with Gasteiger partial charge >= 0.3 is 0 Å². The summed E-state index contributed by atoms with van der Waals surface area (Å²) in [7, 11) is 3.01. The molecular formula is C11H13N3O3S. The lowest BCUT2D eigenvalue weighted by Gasteiger charge is -2.12. The molecule has 0 saturated carbocycles. The van der Waals surface area contributed by atoms with E-state index >= 15 is 0 Å². The molecule has 0 aliphatic rings. The number of carbonyl (C=O) groups excluding carboxylic acids is 1. The SMILES string of the molecule is CON(C)C(=O)CCc1nc(-c2cccs2)no1. The van der Waals surface area contributed by atoms with Gasteiger partial charge in [-0.2, -0.15) is 4.98 Å². The summed E-state index contributed by atoms with van der Waals surface area (Å²) in [6.45, 7) is 0. The molecule has 0 bridgehead atoms. The number of aryl methyl sites for hydroxylation is 1. The number of aromatic nitrogens is 2. The van der Waals surface area contributed by atoms with Crippen LogP contribution < -0.4 is 0 Å². The van der Waals surface area contributed by atoms with Crippen LogP contribution in [0.4, 0.5) is 0 Å². The molecule has 0 atom stereocenters. The standard InChI is InChI=1S/C11H13N3O3S/c1-14(16-2)10(15)6-5-9-12-11(13-17-9)8-4-3-7-18-8/h3-4,7H,5-6H2,1-2H3. The molecule has 0 unspecified atom stereocenters. The second kappa shape index (κ2) is 5.74. The van der Waals surface area contributed by atoms with E-state index < -0.39 is 0 Å². The van der Waals surface area contributed by atoms with Crippen LogP contribution in [-0.4, -0.2) is 35.3 Å². The lowest BCUT2D eigenvalue weighted by Crippen LogP contribution is -2.25. The quantitative estimate of drug-likeness (QED) is 0.772. The summed E-state index contributed by atoms with van der Waals surface area (Å²) in [5, 5.41) is 6.99. The molecule has 2 rings (SSSR count). The van der Waals surface area contributed by atoms with Crippen molar-refractivity contribution in [2.24, 2.45) is 0 Å². The molecule has 0 spiro atoms. The fourth-order valence-corrected chi connectivity index (χ4v) is 1.98. The van der Waals surface area contributed by atoms with Crippen LogP contribution in [0.5, 0.6) is 0 Å². The van der Waals surface area contributed by atoms with Crippen LogP contribution in [0.2, 0.25) is 0 Å². The molecule has 0 aromatic carbocycles. The lowest BCUT2D eigenvalue weighted by molar-refractivity contribution is -0.168. The van der Waals surface area contributed by atoms with Gasteiger partial charge in [0, 0.05) is 19.9 Å². The van der Waals surface area contributed by atoms with Crippen molar-refractivity contribution < 1.29 is 14.2 Å². The van der Waals surface area contributed by atoms with Crippen LogP contribution in [0.3, 0.4) is 0 Å². The summed E-state index contributed by atoms with van der Waals surface area (Å²) in [6.07, 6.45) is 0.682. The Morgan fingerprint density at radius 1 is 1.61 bits per heavy atom. The van der Waals surface area contributed by atoms with Crippen molar-refractivity contribution in [3.8, 4) is 10.7 Å². The maximum atomic E-state index is 11.5. The number of carbonyl (C=O) groups is 1. The minimum atomic E-state index is -0.131. The molecule has 2 aromatic heterocycles. The summed E-state index contributed by atoms with van der Waals surface area (Å²) in [4.78, 5) is 21.5. The number of nitrogens with zero attached hydrogens (tertiary/aromatic N) is 3. The van der Waals surface area contributed by atoms with Crippen LogP contribution in [0.25, 0.3) is 10.7 Å². The Balaban J connectivity index is 1.93. The third kappa shape index (κ3) is 2.93. The molecule has 7 heteroatoms. The highest BCUT2D eigenvalue weighted by Gasteiger charge is 2.13. The lowest BCUT2D eigenvalue weighted by atomic mass is 10.3. The van der Waals surface area contributed by atoms with Crippen LogP contribution in [-0.2, 0) is 16.1 Å². The van der Waals surface area contributed by atoms with Gasteiger partial charge in [0.05, 0.1) is 12.0 Å². The van der Waals surface area contributed by atoms with Gasteiger partial charge in [0.2, 0.25) is 17.6 Å².